The number of rotatable bonds is 6. The van der Waals surface area contributed by atoms with Gasteiger partial charge in [0.25, 0.3) is 0 Å². The lowest BCUT2D eigenvalue weighted by molar-refractivity contribution is -0.137. The number of aliphatic hydroxyl groups is 1. The number of likely N-dealkylation sites (tertiary alicyclic amines) is 1. The molecule has 9 heteroatoms. The summed E-state index contributed by atoms with van der Waals surface area (Å²) >= 11 is 0. The van der Waals surface area contributed by atoms with E-state index in [1.807, 2.05) is 0 Å². The topological polar surface area (TPSA) is 67.1 Å². The van der Waals surface area contributed by atoms with E-state index < -0.39 is 17.8 Å². The largest absolute Gasteiger partial charge is 0.416 e. The molecule has 6 nitrogen and oxygen atoms in total. The highest BCUT2D eigenvalue weighted by Gasteiger charge is 2.30. The molecule has 0 spiro atoms. The first-order valence-electron chi connectivity index (χ1n) is 10.3. The molecule has 0 bridgehead atoms. The van der Waals surface area contributed by atoms with E-state index in [9.17, 15) is 18.3 Å². The van der Waals surface area contributed by atoms with Gasteiger partial charge in [-0.15, -0.1) is 0 Å². The van der Waals surface area contributed by atoms with Crippen LogP contribution in [0.25, 0.3) is 22.5 Å². The molecule has 1 atom stereocenters. The smallest absolute Gasteiger partial charge is 0.390 e. The van der Waals surface area contributed by atoms with Gasteiger partial charge in [-0.3, -0.25) is 14.6 Å². The molecule has 1 N–H and O–H groups in total. The molecule has 1 aliphatic rings. The van der Waals surface area contributed by atoms with Crippen LogP contribution in [0.2, 0.25) is 0 Å². The number of hydrogen-bond donors (Lipinski definition) is 1. The van der Waals surface area contributed by atoms with Crippen molar-refractivity contribution in [2.24, 2.45) is 0 Å². The molecule has 3 aromatic rings. The van der Waals surface area contributed by atoms with E-state index in [0.717, 1.165) is 38.1 Å². The minimum absolute atomic E-state index is 0.282. The van der Waals surface area contributed by atoms with Crippen molar-refractivity contribution in [3.63, 3.8) is 0 Å². The lowest BCUT2D eigenvalue weighted by atomic mass is 10.0. The van der Waals surface area contributed by atoms with Crippen LogP contribution in [-0.4, -0.2) is 55.5 Å². The lowest BCUT2D eigenvalue weighted by Gasteiger charge is -2.28. The van der Waals surface area contributed by atoms with Crippen LogP contribution in [0.1, 0.15) is 24.8 Å². The highest BCUT2D eigenvalue weighted by atomic mass is 19.4. The molecule has 1 fully saturated rings. The summed E-state index contributed by atoms with van der Waals surface area (Å²) in [4.78, 5) is 10.6. The van der Waals surface area contributed by atoms with Crippen LogP contribution in [-0.2, 0) is 12.7 Å². The van der Waals surface area contributed by atoms with Crippen LogP contribution in [0.5, 0.6) is 0 Å². The van der Waals surface area contributed by atoms with Gasteiger partial charge in [0.2, 0.25) is 0 Å². The Hall–Kier alpha value is -2.78. The van der Waals surface area contributed by atoms with Crippen LogP contribution in [0, 0.1) is 0 Å². The van der Waals surface area contributed by atoms with Crippen LogP contribution in [0.3, 0.4) is 0 Å². The van der Waals surface area contributed by atoms with Crippen molar-refractivity contribution in [3.05, 3.63) is 54.6 Å². The van der Waals surface area contributed by atoms with Crippen LogP contribution in [0.15, 0.2) is 49.1 Å². The molecule has 1 unspecified atom stereocenters. The average Bonchev–Trinajstić information content (AvgIpc) is 3.18. The standard InChI is InChI=1S/C22H24F3N5O/c23-22(24,25)17-6-4-16(5-7-17)21-19(20-12-26-8-9-27-20)15-30(28-21)14-18(31)13-29-10-2-1-3-11-29/h4-9,12,15,18,31H,1-3,10-11,13-14H2. The van der Waals surface area contributed by atoms with Gasteiger partial charge in [-0.25, -0.2) is 0 Å². The Morgan fingerprint density at radius 1 is 1.00 bits per heavy atom. The second-order valence-electron chi connectivity index (χ2n) is 7.79. The summed E-state index contributed by atoms with van der Waals surface area (Å²) in [6.07, 6.45) is 4.95. The fourth-order valence-electron chi connectivity index (χ4n) is 3.88. The summed E-state index contributed by atoms with van der Waals surface area (Å²) in [7, 11) is 0. The molecule has 1 aliphatic heterocycles. The van der Waals surface area contributed by atoms with Gasteiger partial charge in [-0.05, 0) is 38.1 Å². The number of alkyl halides is 3. The zero-order valence-electron chi connectivity index (χ0n) is 17.0. The predicted octanol–water partition coefficient (Wildman–Crippen LogP) is 3.87. The number of halogens is 3. The molecule has 1 saturated heterocycles. The third-order valence-corrected chi connectivity index (χ3v) is 5.40. The first kappa shape index (κ1) is 21.5. The highest BCUT2D eigenvalue weighted by molar-refractivity contribution is 5.78. The van der Waals surface area contributed by atoms with Crippen LogP contribution < -0.4 is 0 Å². The number of nitrogens with zero attached hydrogens (tertiary/aromatic N) is 5. The van der Waals surface area contributed by atoms with Crippen molar-refractivity contribution >= 4 is 0 Å². The summed E-state index contributed by atoms with van der Waals surface area (Å²) in [5, 5.41) is 15.1. The number of β-amino-alcohol motifs (C(OH)–C–C–N with tert-alkyl or cyclic N) is 1. The second-order valence-corrected chi connectivity index (χ2v) is 7.79. The first-order chi connectivity index (χ1) is 14.9. The summed E-state index contributed by atoms with van der Waals surface area (Å²) in [6, 6.07) is 4.89. The van der Waals surface area contributed by atoms with Gasteiger partial charge in [-0.2, -0.15) is 18.3 Å². The van der Waals surface area contributed by atoms with Gasteiger partial charge >= 0.3 is 6.18 Å². The van der Waals surface area contributed by atoms with Gasteiger partial charge in [-0.1, -0.05) is 18.6 Å². The maximum absolute atomic E-state index is 12.9. The fourth-order valence-corrected chi connectivity index (χ4v) is 3.88. The lowest BCUT2D eigenvalue weighted by Crippen LogP contribution is -2.38. The molecular weight excluding hydrogens is 407 g/mol. The SMILES string of the molecule is OC(CN1CCCCC1)Cn1cc(-c2cnccn2)c(-c2ccc(C(F)(F)F)cc2)n1. The highest BCUT2D eigenvalue weighted by Crippen LogP contribution is 2.33. The van der Waals surface area contributed by atoms with Crippen molar-refractivity contribution in [3.8, 4) is 22.5 Å². The van der Waals surface area contributed by atoms with Gasteiger partial charge in [0, 0.05) is 36.3 Å². The molecule has 0 amide bonds. The van der Waals surface area contributed by atoms with Crippen molar-refractivity contribution in [2.75, 3.05) is 19.6 Å². The molecule has 2 aromatic heterocycles. The van der Waals surface area contributed by atoms with Gasteiger partial charge in [0.05, 0.1) is 30.1 Å². The average molecular weight is 431 g/mol. The maximum atomic E-state index is 12.9. The molecule has 0 saturated carbocycles. The minimum Gasteiger partial charge on any atom is -0.390 e. The molecule has 3 heterocycles. The van der Waals surface area contributed by atoms with Crippen LogP contribution in [0.4, 0.5) is 13.2 Å². The fraction of sp³-hybridized carbons (Fsp3) is 0.409. The molecular formula is C22H24F3N5O. The zero-order valence-corrected chi connectivity index (χ0v) is 17.0. The van der Waals surface area contributed by atoms with E-state index in [2.05, 4.69) is 20.0 Å². The van der Waals surface area contributed by atoms with E-state index in [-0.39, 0.29) is 6.54 Å². The Balaban J connectivity index is 1.60. The van der Waals surface area contributed by atoms with Crippen molar-refractivity contribution < 1.29 is 18.3 Å². The third kappa shape index (κ3) is 5.29. The van der Waals surface area contributed by atoms with E-state index in [0.29, 0.717) is 29.1 Å². The Morgan fingerprint density at radius 3 is 2.39 bits per heavy atom. The number of aliphatic hydroxyl groups excluding tert-OH is 1. The normalized spacial score (nSPS) is 16.4. The Bertz CT molecular complexity index is 983. The monoisotopic (exact) mass is 431 g/mol. The summed E-state index contributed by atoms with van der Waals surface area (Å²) in [6.45, 7) is 2.82. The van der Waals surface area contributed by atoms with Crippen LogP contribution >= 0.6 is 0 Å². The quantitative estimate of drug-likeness (QED) is 0.642. The van der Waals surface area contributed by atoms with E-state index >= 15 is 0 Å². The number of piperidine rings is 1. The van der Waals surface area contributed by atoms with E-state index in [4.69, 9.17) is 0 Å². The first-order valence-corrected chi connectivity index (χ1v) is 10.3. The maximum Gasteiger partial charge on any atom is 0.416 e. The Labute approximate surface area is 178 Å². The minimum atomic E-state index is -4.40. The second kappa shape index (κ2) is 9.15. The van der Waals surface area contributed by atoms with Gasteiger partial charge < -0.3 is 10.0 Å². The Kier molecular flexibility index (Phi) is 6.33. The van der Waals surface area contributed by atoms with Gasteiger partial charge in [0.15, 0.2) is 0 Å². The third-order valence-electron chi connectivity index (χ3n) is 5.40. The van der Waals surface area contributed by atoms with Gasteiger partial charge in [0.1, 0.15) is 5.69 Å². The number of aromatic nitrogens is 4. The van der Waals surface area contributed by atoms with E-state index in [1.54, 1.807) is 29.5 Å². The molecule has 4 rings (SSSR count). The number of hydrogen-bond acceptors (Lipinski definition) is 5. The molecule has 0 aliphatic carbocycles. The summed E-state index contributed by atoms with van der Waals surface area (Å²) in [5.41, 5.74) is 1.54. The van der Waals surface area contributed by atoms with Crippen molar-refractivity contribution in [1.82, 2.24) is 24.6 Å². The predicted molar refractivity (Wildman–Crippen MR) is 110 cm³/mol. The zero-order chi connectivity index (χ0) is 21.8. The molecule has 164 valence electrons. The van der Waals surface area contributed by atoms with Crippen molar-refractivity contribution in [1.29, 1.82) is 0 Å². The molecule has 1 aromatic carbocycles. The van der Waals surface area contributed by atoms with Crippen molar-refractivity contribution in [2.45, 2.75) is 38.1 Å². The molecule has 0 radical (unpaired) electrons. The summed E-state index contributed by atoms with van der Waals surface area (Å²) in [5.74, 6) is 0. The molecule has 31 heavy (non-hydrogen) atoms. The number of benzene rings is 1. The Morgan fingerprint density at radius 2 is 1.74 bits per heavy atom. The van der Waals surface area contributed by atoms with E-state index in [1.165, 1.54) is 18.6 Å². The summed E-state index contributed by atoms with van der Waals surface area (Å²) < 4.78 is 40.4.